The van der Waals surface area contributed by atoms with Crippen molar-refractivity contribution in [3.63, 3.8) is 0 Å². The Morgan fingerprint density at radius 3 is 2.51 bits per heavy atom. The van der Waals surface area contributed by atoms with Crippen molar-refractivity contribution in [2.24, 2.45) is 0 Å². The number of fused-ring (bicyclic) bond motifs is 1. The second-order valence-corrected chi connectivity index (χ2v) is 10.8. The van der Waals surface area contributed by atoms with Crippen LogP contribution in [0.2, 0.25) is 0 Å². The van der Waals surface area contributed by atoms with Crippen LogP contribution in [0.3, 0.4) is 0 Å². The van der Waals surface area contributed by atoms with Crippen molar-refractivity contribution < 1.29 is 22.8 Å². The van der Waals surface area contributed by atoms with Crippen LogP contribution in [0.4, 0.5) is 13.2 Å². The molecule has 2 amide bonds. The summed E-state index contributed by atoms with van der Waals surface area (Å²) in [5, 5.41) is 8.64. The molecule has 11 heteroatoms. The topological polar surface area (TPSA) is 76.3 Å². The number of carbonyl (C=O) groups excluding carboxylic acids is 2. The fourth-order valence-corrected chi connectivity index (χ4v) is 5.91. The highest BCUT2D eigenvalue weighted by molar-refractivity contribution is 5.98. The lowest BCUT2D eigenvalue weighted by Crippen LogP contribution is -2.45. The van der Waals surface area contributed by atoms with Gasteiger partial charge in [-0.1, -0.05) is 32.6 Å². The van der Waals surface area contributed by atoms with E-state index in [0.29, 0.717) is 31.8 Å². The summed E-state index contributed by atoms with van der Waals surface area (Å²) < 4.78 is 41.9. The summed E-state index contributed by atoms with van der Waals surface area (Å²) in [7, 11) is 0. The first kappa shape index (κ1) is 26.8. The van der Waals surface area contributed by atoms with Crippen molar-refractivity contribution in [3.05, 3.63) is 89.4 Å². The number of nitrogens with zero attached hydrogens (tertiary/aromatic N) is 6. The minimum absolute atomic E-state index is 0.0117. The van der Waals surface area contributed by atoms with Crippen LogP contribution >= 0.6 is 0 Å². The molecule has 41 heavy (non-hydrogen) atoms. The van der Waals surface area contributed by atoms with Gasteiger partial charge in [-0.25, -0.2) is 4.68 Å². The maximum atomic E-state index is 13.9. The number of rotatable bonds is 4. The molecule has 2 aliphatic heterocycles. The average molecular weight is 563 g/mol. The molecule has 0 fully saturated rings. The Morgan fingerprint density at radius 2 is 1.83 bits per heavy atom. The molecule has 2 aromatic carbocycles. The first-order chi connectivity index (χ1) is 19.6. The number of carbonyl (C=O) groups is 2. The number of hydrogen-bond donors (Lipinski definition) is 0. The largest absolute Gasteiger partial charge is 0.505 e. The highest BCUT2D eigenvalue weighted by atomic mass is 19.4. The summed E-state index contributed by atoms with van der Waals surface area (Å²) in [6, 6.07) is 11.9. The van der Waals surface area contributed by atoms with Gasteiger partial charge in [-0.3, -0.25) is 9.59 Å². The Balaban J connectivity index is 1.40. The van der Waals surface area contributed by atoms with E-state index in [9.17, 15) is 22.8 Å². The van der Waals surface area contributed by atoms with Crippen LogP contribution in [0.1, 0.15) is 58.7 Å². The molecule has 0 aliphatic carbocycles. The first-order valence-electron chi connectivity index (χ1n) is 13.5. The van der Waals surface area contributed by atoms with Gasteiger partial charge in [0.05, 0.1) is 34.8 Å². The van der Waals surface area contributed by atoms with Gasteiger partial charge in [-0.05, 0) is 47.9 Å². The number of halogens is 3. The van der Waals surface area contributed by atoms with Crippen LogP contribution in [0.15, 0.2) is 61.3 Å². The lowest BCUT2D eigenvalue weighted by atomic mass is 9.94. The van der Waals surface area contributed by atoms with Crippen molar-refractivity contribution in [1.82, 2.24) is 29.4 Å². The van der Waals surface area contributed by atoms with Gasteiger partial charge in [0.15, 0.2) is 0 Å². The van der Waals surface area contributed by atoms with Crippen molar-refractivity contribution in [1.29, 1.82) is 0 Å². The Labute approximate surface area is 234 Å². The van der Waals surface area contributed by atoms with E-state index in [0.717, 1.165) is 28.8 Å². The molecule has 0 N–H and O–H groups in total. The molecular formula is C30H29F3N6O2. The maximum Gasteiger partial charge on any atom is 0.505 e. The molecule has 212 valence electrons. The van der Waals surface area contributed by atoms with Crippen molar-refractivity contribution >= 4 is 22.7 Å². The highest BCUT2D eigenvalue weighted by Crippen LogP contribution is 2.38. The van der Waals surface area contributed by atoms with E-state index >= 15 is 0 Å². The molecule has 0 spiro atoms. The number of hydrogen-bond acceptors (Lipinski definition) is 4. The normalized spacial score (nSPS) is 17.1. The van der Waals surface area contributed by atoms with E-state index in [1.54, 1.807) is 9.80 Å². The minimum Gasteiger partial charge on any atom is -0.336 e. The van der Waals surface area contributed by atoms with Gasteiger partial charge in [0.25, 0.3) is 5.91 Å². The van der Waals surface area contributed by atoms with Gasteiger partial charge in [-0.15, -0.1) is 13.2 Å². The van der Waals surface area contributed by atoms with E-state index < -0.39 is 12.3 Å². The van der Waals surface area contributed by atoms with Gasteiger partial charge < -0.3 is 9.80 Å². The third-order valence-corrected chi connectivity index (χ3v) is 8.02. The lowest BCUT2D eigenvalue weighted by molar-refractivity contribution is -0.209. The first-order valence-corrected chi connectivity index (χ1v) is 13.5. The molecule has 0 saturated carbocycles. The van der Waals surface area contributed by atoms with Crippen LogP contribution in [0, 0.1) is 0 Å². The second kappa shape index (κ2) is 9.90. The summed E-state index contributed by atoms with van der Waals surface area (Å²) in [6.45, 7) is 8.97. The van der Waals surface area contributed by atoms with Crippen molar-refractivity contribution in [3.8, 4) is 5.69 Å². The summed E-state index contributed by atoms with van der Waals surface area (Å²) in [4.78, 5) is 30.0. The van der Waals surface area contributed by atoms with Crippen LogP contribution < -0.4 is 0 Å². The summed E-state index contributed by atoms with van der Waals surface area (Å²) in [5.74, 6) is -0.154. The highest BCUT2D eigenvalue weighted by Gasteiger charge is 2.40. The number of alkyl halides is 3. The quantitative estimate of drug-likeness (QED) is 0.323. The summed E-state index contributed by atoms with van der Waals surface area (Å²) in [6.07, 6.45) is -1.22. The molecule has 0 bridgehead atoms. The summed E-state index contributed by atoms with van der Waals surface area (Å²) in [5.41, 5.74) is 5.05. The minimum atomic E-state index is -4.66. The third kappa shape index (κ3) is 4.58. The predicted molar refractivity (Wildman–Crippen MR) is 147 cm³/mol. The smallest absolute Gasteiger partial charge is 0.336 e. The van der Waals surface area contributed by atoms with Gasteiger partial charge in [0.2, 0.25) is 5.91 Å². The molecule has 8 nitrogen and oxygen atoms in total. The molecule has 6 rings (SSSR count). The lowest BCUT2D eigenvalue weighted by Gasteiger charge is -2.38. The molecular weight excluding hydrogens is 533 g/mol. The zero-order chi connectivity index (χ0) is 29.1. The third-order valence-electron chi connectivity index (χ3n) is 8.02. The van der Waals surface area contributed by atoms with E-state index in [1.165, 1.54) is 29.8 Å². The Bertz CT molecular complexity index is 1670. The fourth-order valence-electron chi connectivity index (χ4n) is 5.91. The van der Waals surface area contributed by atoms with Gasteiger partial charge >= 0.3 is 6.30 Å². The fraction of sp³-hybridized carbons (Fsp3) is 0.333. The van der Waals surface area contributed by atoms with Crippen molar-refractivity contribution in [2.45, 2.75) is 44.9 Å². The van der Waals surface area contributed by atoms with E-state index in [1.807, 2.05) is 4.68 Å². The standard InChI is InChI=1S/C30H29F3N6O2/c1-4-27(40)36-13-11-23-28-25(38(35-23)22-8-5-19(6-9-22)18(2)3)12-14-37(26(28)17-36)29(41)20-7-10-24-21(15-20)16-34-39(24)30(31,32)33/h4-10,15-16,18,26H,1,11-14,17H2,2-3H3/t26-/m0/s1. The van der Waals surface area contributed by atoms with E-state index in [-0.39, 0.29) is 39.5 Å². The zero-order valence-corrected chi connectivity index (χ0v) is 22.7. The SMILES string of the molecule is C=CC(=O)N1CCc2nn(-c3ccc(C(C)C)cc3)c3c2[C@H](C1)N(C(=O)c1ccc2c(cnn2C(F)(F)F)c1)CC3. The molecule has 4 aromatic rings. The monoisotopic (exact) mass is 562 g/mol. The maximum absolute atomic E-state index is 13.9. The number of aromatic nitrogens is 4. The van der Waals surface area contributed by atoms with Crippen LogP contribution in [0.5, 0.6) is 0 Å². The Morgan fingerprint density at radius 1 is 1.07 bits per heavy atom. The Kier molecular flexibility index (Phi) is 6.47. The predicted octanol–water partition coefficient (Wildman–Crippen LogP) is 5.13. The molecule has 2 aromatic heterocycles. The molecule has 4 heterocycles. The molecule has 1 atom stereocenters. The van der Waals surface area contributed by atoms with Gasteiger partial charge in [-0.2, -0.15) is 14.9 Å². The van der Waals surface area contributed by atoms with Gasteiger partial charge in [0.1, 0.15) is 0 Å². The van der Waals surface area contributed by atoms with Crippen LogP contribution in [0.25, 0.3) is 16.6 Å². The van der Waals surface area contributed by atoms with Crippen LogP contribution in [-0.4, -0.2) is 60.8 Å². The zero-order valence-electron chi connectivity index (χ0n) is 22.7. The van der Waals surface area contributed by atoms with Crippen LogP contribution in [-0.2, 0) is 23.9 Å². The number of amides is 2. The number of benzene rings is 2. The molecule has 0 unspecified atom stereocenters. The van der Waals surface area contributed by atoms with Crippen molar-refractivity contribution in [2.75, 3.05) is 19.6 Å². The summed E-state index contributed by atoms with van der Waals surface area (Å²) >= 11 is 0. The van der Waals surface area contributed by atoms with E-state index in [2.05, 4.69) is 49.8 Å². The second-order valence-electron chi connectivity index (χ2n) is 10.8. The molecule has 0 saturated heterocycles. The van der Waals surface area contributed by atoms with Gasteiger partial charge in [0, 0.05) is 49.0 Å². The molecule has 0 radical (unpaired) electrons. The average Bonchev–Trinajstić information content (AvgIpc) is 3.50. The Hall–Kier alpha value is -4.41. The van der Waals surface area contributed by atoms with E-state index in [4.69, 9.17) is 5.10 Å². The molecule has 2 aliphatic rings.